The molecule has 1 aliphatic rings. The predicted octanol–water partition coefficient (Wildman–Crippen LogP) is 3.92. The van der Waals surface area contributed by atoms with Crippen LogP contribution in [0.1, 0.15) is 32.8 Å². The molecule has 0 saturated carbocycles. The number of methoxy groups -OCH3 is 1. The maximum absolute atomic E-state index is 13.8. The molecule has 0 radical (unpaired) electrons. The lowest BCUT2D eigenvalue weighted by Crippen LogP contribution is -2.72. The molecule has 1 heterocycles. The van der Waals surface area contributed by atoms with Crippen molar-refractivity contribution in [2.45, 2.75) is 56.1 Å². The molecule has 0 spiro atoms. The van der Waals surface area contributed by atoms with Gasteiger partial charge in [-0.3, -0.25) is 4.79 Å². The van der Waals surface area contributed by atoms with Crippen molar-refractivity contribution in [1.29, 1.82) is 0 Å². The van der Waals surface area contributed by atoms with Gasteiger partial charge in [-0.25, -0.2) is 8.42 Å². The predicted molar refractivity (Wildman–Crippen MR) is 153 cm³/mol. The first-order valence-corrected chi connectivity index (χ1v) is 16.3. The van der Waals surface area contributed by atoms with Crippen molar-refractivity contribution in [3.05, 3.63) is 90.5 Å². The zero-order valence-electron chi connectivity index (χ0n) is 22.8. The highest BCUT2D eigenvalue weighted by Gasteiger charge is 2.56. The summed E-state index contributed by atoms with van der Waals surface area (Å²) >= 11 is 0. The molecule has 0 N–H and O–H groups in total. The summed E-state index contributed by atoms with van der Waals surface area (Å²) in [6.07, 6.45) is 0.302. The lowest BCUT2D eigenvalue weighted by molar-refractivity contribution is -0.140. The summed E-state index contributed by atoms with van der Waals surface area (Å²) in [6.45, 7) is 8.66. The lowest BCUT2D eigenvalue weighted by atomic mass is 9.93. The van der Waals surface area contributed by atoms with Crippen LogP contribution in [0.25, 0.3) is 0 Å². The van der Waals surface area contributed by atoms with E-state index in [4.69, 9.17) is 9.16 Å². The molecule has 1 saturated heterocycles. The third-order valence-corrected chi connectivity index (χ3v) is 14.3. The number of hydrogen-bond acceptors (Lipinski definition) is 5. The Morgan fingerprint density at radius 1 is 0.842 bits per heavy atom. The second-order valence-corrected chi connectivity index (χ2v) is 17.0. The molecule has 0 amide bonds. The summed E-state index contributed by atoms with van der Waals surface area (Å²) in [6, 6.07) is 25.3. The molecule has 0 bridgehead atoms. The zero-order chi connectivity index (χ0) is 27.6. The summed E-state index contributed by atoms with van der Waals surface area (Å²) in [5, 5.41) is 1.86. The first kappa shape index (κ1) is 28.4. The normalized spacial score (nSPS) is 18.8. The summed E-state index contributed by atoms with van der Waals surface area (Å²) in [5.41, 5.74) is 0.964. The van der Waals surface area contributed by atoms with E-state index in [-0.39, 0.29) is 22.3 Å². The van der Waals surface area contributed by atoms with Crippen LogP contribution < -0.4 is 10.4 Å². The third kappa shape index (κ3) is 5.16. The standard InChI is InChI=1S/C30H37NO5SSi/c1-23-16-18-24(19-17-23)37(33,34)31-27(20-21-35-5)29(32)28(31)22-36-38(30(2,3)4,25-12-8-6-9-13-25)26-14-10-7-11-15-26/h6-19,27-28H,20-22H2,1-5H3/t27-,28+/m1/s1. The molecule has 1 aliphatic heterocycles. The zero-order valence-corrected chi connectivity index (χ0v) is 24.6. The van der Waals surface area contributed by atoms with Gasteiger partial charge < -0.3 is 9.16 Å². The summed E-state index contributed by atoms with van der Waals surface area (Å²) in [4.78, 5) is 13.6. The number of rotatable bonds is 10. The number of carbonyl (C=O) groups is 1. The Kier molecular flexibility index (Phi) is 8.39. The fourth-order valence-electron chi connectivity index (χ4n) is 5.40. The highest BCUT2D eigenvalue weighted by Crippen LogP contribution is 2.39. The van der Waals surface area contributed by atoms with Gasteiger partial charge in [0.25, 0.3) is 8.32 Å². The second kappa shape index (κ2) is 11.2. The van der Waals surface area contributed by atoms with Gasteiger partial charge in [-0.15, -0.1) is 0 Å². The number of carbonyl (C=O) groups excluding carboxylic acids is 1. The van der Waals surface area contributed by atoms with E-state index in [2.05, 4.69) is 45.0 Å². The Balaban J connectivity index is 1.75. The number of hydrogen-bond donors (Lipinski definition) is 0. The van der Waals surface area contributed by atoms with Gasteiger partial charge in [-0.1, -0.05) is 99.1 Å². The van der Waals surface area contributed by atoms with Crippen LogP contribution in [0.5, 0.6) is 0 Å². The first-order chi connectivity index (χ1) is 18.0. The minimum absolute atomic E-state index is 0.0132. The Labute approximate surface area is 227 Å². The first-order valence-electron chi connectivity index (χ1n) is 12.9. The van der Waals surface area contributed by atoms with Crippen LogP contribution in [0.15, 0.2) is 89.8 Å². The number of sulfonamides is 1. The van der Waals surface area contributed by atoms with Gasteiger partial charge in [0.2, 0.25) is 10.0 Å². The largest absolute Gasteiger partial charge is 0.405 e. The van der Waals surface area contributed by atoms with Crippen LogP contribution in [0, 0.1) is 6.92 Å². The van der Waals surface area contributed by atoms with Gasteiger partial charge >= 0.3 is 0 Å². The minimum atomic E-state index is -3.92. The lowest BCUT2D eigenvalue weighted by Gasteiger charge is -2.48. The van der Waals surface area contributed by atoms with Crippen molar-refractivity contribution >= 4 is 34.5 Å². The summed E-state index contributed by atoms with van der Waals surface area (Å²) in [5.74, 6) is -0.129. The monoisotopic (exact) mass is 551 g/mol. The number of benzene rings is 3. The topological polar surface area (TPSA) is 72.9 Å². The molecule has 38 heavy (non-hydrogen) atoms. The van der Waals surface area contributed by atoms with Gasteiger partial charge in [0.1, 0.15) is 6.04 Å². The van der Waals surface area contributed by atoms with Crippen LogP contribution in [-0.4, -0.2) is 59.2 Å². The summed E-state index contributed by atoms with van der Waals surface area (Å²) in [7, 11) is -5.32. The molecule has 0 aliphatic carbocycles. The van der Waals surface area contributed by atoms with E-state index in [0.717, 1.165) is 15.9 Å². The number of Topliss-reactive ketones (excluding diaryl/α,β-unsaturated/α-hetero) is 1. The van der Waals surface area contributed by atoms with E-state index < -0.39 is 30.4 Å². The highest BCUT2D eigenvalue weighted by molar-refractivity contribution is 7.89. The molecule has 2 atom stereocenters. The molecule has 3 aromatic carbocycles. The van der Waals surface area contributed by atoms with E-state index >= 15 is 0 Å². The van der Waals surface area contributed by atoms with Crippen molar-refractivity contribution in [2.24, 2.45) is 0 Å². The van der Waals surface area contributed by atoms with Crippen molar-refractivity contribution in [1.82, 2.24) is 4.31 Å². The van der Waals surface area contributed by atoms with E-state index in [9.17, 15) is 13.2 Å². The van der Waals surface area contributed by atoms with Gasteiger partial charge in [0, 0.05) is 13.7 Å². The van der Waals surface area contributed by atoms with Crippen LogP contribution in [0.4, 0.5) is 0 Å². The second-order valence-electron chi connectivity index (χ2n) is 10.8. The average molecular weight is 552 g/mol. The van der Waals surface area contributed by atoms with Crippen LogP contribution >= 0.6 is 0 Å². The Morgan fingerprint density at radius 2 is 1.37 bits per heavy atom. The molecule has 0 unspecified atom stereocenters. The van der Waals surface area contributed by atoms with Crippen molar-refractivity contribution in [2.75, 3.05) is 20.3 Å². The fraction of sp³-hybridized carbons (Fsp3) is 0.367. The molecule has 8 heteroatoms. The number of aryl methyl sites for hydroxylation is 1. The molecule has 1 fully saturated rings. The maximum Gasteiger partial charge on any atom is 0.261 e. The van der Waals surface area contributed by atoms with Crippen molar-refractivity contribution in [3.8, 4) is 0 Å². The van der Waals surface area contributed by atoms with Crippen LogP contribution in [0.3, 0.4) is 0 Å². The van der Waals surface area contributed by atoms with Crippen molar-refractivity contribution < 1.29 is 22.4 Å². The number of ether oxygens (including phenoxy) is 1. The Morgan fingerprint density at radius 3 is 1.84 bits per heavy atom. The highest BCUT2D eigenvalue weighted by atomic mass is 32.2. The molecule has 3 aromatic rings. The van der Waals surface area contributed by atoms with Gasteiger partial charge in [-0.05, 0) is 40.9 Å². The van der Waals surface area contributed by atoms with E-state index in [1.807, 2.05) is 43.3 Å². The van der Waals surface area contributed by atoms with Gasteiger partial charge in [0.05, 0.1) is 17.5 Å². The van der Waals surface area contributed by atoms with E-state index in [1.165, 1.54) is 4.31 Å². The van der Waals surface area contributed by atoms with Crippen LogP contribution in [0.2, 0.25) is 5.04 Å². The quantitative estimate of drug-likeness (QED) is 0.357. The Bertz CT molecular complexity index is 1300. The SMILES string of the molecule is COCC[C@@H]1C(=O)[C@H](CO[Si](c2ccccc2)(c2ccccc2)C(C)(C)C)N1S(=O)(=O)c1ccc(C)cc1. The summed E-state index contributed by atoms with van der Waals surface area (Å²) < 4.78 is 41.1. The molecule has 6 nitrogen and oxygen atoms in total. The minimum Gasteiger partial charge on any atom is -0.405 e. The molecule has 0 aromatic heterocycles. The maximum atomic E-state index is 13.8. The molecule has 4 rings (SSSR count). The number of ketones is 1. The average Bonchev–Trinajstić information content (AvgIpc) is 2.89. The molecule has 202 valence electrons. The van der Waals surface area contributed by atoms with E-state index in [1.54, 1.807) is 31.4 Å². The van der Waals surface area contributed by atoms with Gasteiger partial charge in [0.15, 0.2) is 5.78 Å². The van der Waals surface area contributed by atoms with Crippen LogP contribution in [-0.2, 0) is 24.0 Å². The van der Waals surface area contributed by atoms with Crippen molar-refractivity contribution in [3.63, 3.8) is 0 Å². The van der Waals surface area contributed by atoms with E-state index in [0.29, 0.717) is 13.0 Å². The molecular formula is C30H37NO5SSi. The smallest absolute Gasteiger partial charge is 0.261 e. The molecular weight excluding hydrogens is 514 g/mol. The van der Waals surface area contributed by atoms with Gasteiger partial charge in [-0.2, -0.15) is 4.31 Å². The number of nitrogens with zero attached hydrogens (tertiary/aromatic N) is 1. The fourth-order valence-corrected chi connectivity index (χ4v) is 11.7. The third-order valence-electron chi connectivity index (χ3n) is 7.34. The Hall–Kier alpha value is -2.62.